The second-order valence-electron chi connectivity index (χ2n) is 20.3. The molecule has 4 nitrogen and oxygen atoms in total. The second-order valence-corrected chi connectivity index (χ2v) is 24.0. The highest BCUT2D eigenvalue weighted by molar-refractivity contribution is 7.22. The van der Waals surface area contributed by atoms with Crippen molar-refractivity contribution >= 4 is 119 Å². The van der Waals surface area contributed by atoms with Gasteiger partial charge in [0.05, 0.1) is 5.69 Å². The summed E-state index contributed by atoms with van der Waals surface area (Å²) >= 11 is 0. The Labute approximate surface area is 407 Å². The zero-order valence-corrected chi connectivity index (χ0v) is 40.1. The van der Waals surface area contributed by atoms with E-state index < -0.39 is 8.07 Å². The van der Waals surface area contributed by atoms with Crippen molar-refractivity contribution in [1.82, 2.24) is 0 Å². The normalized spacial score (nSPS) is 14.2. The van der Waals surface area contributed by atoms with Crippen LogP contribution in [-0.2, 0) is 5.41 Å². The molecule has 0 radical (unpaired) electrons. The largest absolute Gasteiger partial charge is 0.456 e. The monoisotopic (exact) mass is 912 g/mol. The molecule has 0 N–H and O–H groups in total. The van der Waals surface area contributed by atoms with Crippen LogP contribution >= 0.6 is 0 Å². The molecule has 15 rings (SSSR count). The molecule has 0 fully saturated rings. The van der Waals surface area contributed by atoms with E-state index >= 15 is 0 Å². The first-order valence-corrected chi connectivity index (χ1v) is 26.5. The third-order valence-corrected chi connectivity index (χ3v) is 20.5. The van der Waals surface area contributed by atoms with Crippen LogP contribution in [0.1, 0.15) is 26.3 Å². The fourth-order valence-electron chi connectivity index (χ4n) is 12.7. The van der Waals surface area contributed by atoms with Crippen molar-refractivity contribution in [2.75, 3.05) is 9.71 Å². The lowest BCUT2D eigenvalue weighted by Gasteiger charge is -2.52. The highest BCUT2D eigenvalue weighted by Gasteiger charge is 2.56. The molecule has 6 heteroatoms. The first-order chi connectivity index (χ1) is 34.4. The standard InChI is InChI=1S/C64H45BN2O2Si/c1-64(2,3)41-34-35-49(47(38-41)40-20-7-4-8-21-40)66-51-36-37-55-58(45-27-14-17-31-54(45)68-55)60(51)65-61-52(66)39-48-44-26-13-16-30-53(44)69-63(48)59(61)46-28-19-33-57-62(46)67(65)50-29-15-18-32-56(50)70(57,42-22-9-5-10-23-42)43-24-11-6-12-25-43/h4-39H,1-3H3. The average Bonchev–Trinajstić information content (AvgIpc) is 3.98. The number of furan rings is 2. The third kappa shape index (κ3) is 5.21. The maximum atomic E-state index is 7.27. The molecule has 330 valence electrons. The smallest absolute Gasteiger partial charge is 0.333 e. The summed E-state index contributed by atoms with van der Waals surface area (Å²) in [5.41, 5.74) is 17.8. The van der Waals surface area contributed by atoms with Crippen molar-refractivity contribution in [3.05, 3.63) is 224 Å². The van der Waals surface area contributed by atoms with Gasteiger partial charge in [-0.2, -0.15) is 0 Å². The summed E-state index contributed by atoms with van der Waals surface area (Å²) in [6, 6.07) is 81.4. The van der Waals surface area contributed by atoms with E-state index in [9.17, 15) is 0 Å². The average molecular weight is 913 g/mol. The number of hydrogen-bond acceptors (Lipinski definition) is 4. The molecule has 0 aliphatic carbocycles. The Morgan fingerprint density at radius 1 is 0.443 bits per heavy atom. The highest BCUT2D eigenvalue weighted by Crippen LogP contribution is 2.53. The molecule has 0 amide bonds. The number of rotatable bonds is 4. The zero-order valence-electron chi connectivity index (χ0n) is 39.1. The predicted octanol–water partition coefficient (Wildman–Crippen LogP) is 12.8. The van der Waals surface area contributed by atoms with Crippen molar-refractivity contribution < 1.29 is 8.83 Å². The van der Waals surface area contributed by atoms with E-state index in [1.165, 1.54) is 65.3 Å². The van der Waals surface area contributed by atoms with Gasteiger partial charge in [0.25, 0.3) is 0 Å². The lowest BCUT2D eigenvalue weighted by Crippen LogP contribution is -2.79. The molecule has 2 aromatic heterocycles. The Morgan fingerprint density at radius 3 is 1.81 bits per heavy atom. The molecule has 70 heavy (non-hydrogen) atoms. The van der Waals surface area contributed by atoms with Crippen molar-refractivity contribution in [2.24, 2.45) is 0 Å². The minimum absolute atomic E-state index is 0.0658. The van der Waals surface area contributed by atoms with Crippen LogP contribution in [0.5, 0.6) is 0 Å². The molecule has 0 saturated heterocycles. The molecule has 10 aromatic carbocycles. The molecule has 0 unspecified atom stereocenters. The molecule has 0 saturated carbocycles. The van der Waals surface area contributed by atoms with Crippen LogP contribution in [0.2, 0.25) is 0 Å². The molecular weight excluding hydrogens is 868 g/mol. The lowest BCUT2D eigenvalue weighted by molar-refractivity contribution is 0.590. The molecule has 3 aliphatic rings. The number of hydrogen-bond donors (Lipinski definition) is 0. The predicted molar refractivity (Wildman–Crippen MR) is 296 cm³/mol. The van der Waals surface area contributed by atoms with Crippen LogP contribution in [0.3, 0.4) is 0 Å². The van der Waals surface area contributed by atoms with E-state index in [4.69, 9.17) is 8.83 Å². The van der Waals surface area contributed by atoms with Gasteiger partial charge in [-0.25, -0.2) is 0 Å². The summed E-state index contributed by atoms with van der Waals surface area (Å²) in [5, 5.41) is 9.93. The number of nitrogens with zero attached hydrogens (tertiary/aromatic N) is 2. The van der Waals surface area contributed by atoms with Gasteiger partial charge in [-0.15, -0.1) is 0 Å². The van der Waals surface area contributed by atoms with Crippen molar-refractivity contribution in [2.45, 2.75) is 26.2 Å². The van der Waals surface area contributed by atoms with Crippen LogP contribution < -0.4 is 41.4 Å². The van der Waals surface area contributed by atoms with Crippen molar-refractivity contribution in [1.29, 1.82) is 0 Å². The van der Waals surface area contributed by atoms with Crippen LogP contribution in [0.15, 0.2) is 227 Å². The van der Waals surface area contributed by atoms with E-state index in [2.05, 4.69) is 249 Å². The Morgan fingerprint density at radius 2 is 1.07 bits per heavy atom. The Bertz CT molecular complexity index is 4100. The summed E-state index contributed by atoms with van der Waals surface area (Å²) < 4.78 is 14.2. The van der Waals surface area contributed by atoms with E-state index in [1.54, 1.807) is 0 Å². The second kappa shape index (κ2) is 14.4. The highest BCUT2D eigenvalue weighted by atomic mass is 28.3. The molecule has 0 spiro atoms. The summed E-state index contributed by atoms with van der Waals surface area (Å²) in [6.45, 7) is 6.65. The summed E-state index contributed by atoms with van der Waals surface area (Å²) in [7, 11) is -3.00. The molecular formula is C64H45BN2O2Si. The fourth-order valence-corrected chi connectivity index (χ4v) is 17.9. The lowest BCUT2D eigenvalue weighted by atomic mass is 9.42. The maximum absolute atomic E-state index is 7.27. The van der Waals surface area contributed by atoms with Gasteiger partial charge in [-0.05, 0) is 96.7 Å². The molecule has 5 heterocycles. The van der Waals surface area contributed by atoms with Gasteiger partial charge in [0.15, 0.2) is 8.07 Å². The van der Waals surface area contributed by atoms with Crippen LogP contribution in [0.25, 0.3) is 66.1 Å². The van der Waals surface area contributed by atoms with Crippen LogP contribution in [-0.4, -0.2) is 14.9 Å². The van der Waals surface area contributed by atoms with Gasteiger partial charge in [-0.1, -0.05) is 191 Å². The van der Waals surface area contributed by atoms with E-state index in [1.807, 2.05) is 0 Å². The van der Waals surface area contributed by atoms with Gasteiger partial charge in [0.2, 0.25) is 0 Å². The molecule has 0 atom stereocenters. The van der Waals surface area contributed by atoms with Crippen LogP contribution in [0.4, 0.5) is 28.4 Å². The first-order valence-electron chi connectivity index (χ1n) is 24.5. The van der Waals surface area contributed by atoms with E-state index in [0.29, 0.717) is 0 Å². The molecule has 3 aliphatic heterocycles. The third-order valence-electron chi connectivity index (χ3n) is 15.7. The zero-order chi connectivity index (χ0) is 46.5. The topological polar surface area (TPSA) is 32.8 Å². The maximum Gasteiger partial charge on any atom is 0.333 e. The first kappa shape index (κ1) is 39.7. The minimum atomic E-state index is -3.00. The van der Waals surface area contributed by atoms with Gasteiger partial charge in [-0.3, -0.25) is 0 Å². The number of fused-ring (bicyclic) bond motifs is 14. The van der Waals surface area contributed by atoms with Gasteiger partial charge >= 0.3 is 6.85 Å². The molecule has 12 aromatic rings. The molecule has 0 bridgehead atoms. The van der Waals surface area contributed by atoms with Crippen molar-refractivity contribution in [3.63, 3.8) is 0 Å². The Hall–Kier alpha value is -8.32. The van der Waals surface area contributed by atoms with E-state index in [0.717, 1.165) is 66.5 Å². The van der Waals surface area contributed by atoms with Gasteiger partial charge in [0, 0.05) is 61.0 Å². The van der Waals surface area contributed by atoms with Crippen molar-refractivity contribution in [3.8, 4) is 22.3 Å². The van der Waals surface area contributed by atoms with Crippen LogP contribution in [0, 0.1) is 0 Å². The number of para-hydroxylation sites is 4. The Balaban J connectivity index is 1.17. The van der Waals surface area contributed by atoms with E-state index in [-0.39, 0.29) is 12.3 Å². The SMILES string of the molecule is CC(C)(C)c1ccc(N2c3cc4c(oc5ccccc54)c4c3B(c3c2ccc2oc5ccccc5c32)N2c3ccccc3[Si](c3ccccc3)(c3ccccc3)c3cccc-4c32)c(-c2ccccc2)c1. The quantitative estimate of drug-likeness (QED) is 0.165. The van der Waals surface area contributed by atoms with Gasteiger partial charge in [0.1, 0.15) is 22.3 Å². The number of benzene rings is 10. The summed E-state index contributed by atoms with van der Waals surface area (Å²) in [5.74, 6) is 0. The Kier molecular flexibility index (Phi) is 8.14. The number of anilines is 5. The summed E-state index contributed by atoms with van der Waals surface area (Å²) in [6.07, 6.45) is 0. The summed E-state index contributed by atoms with van der Waals surface area (Å²) in [4.78, 5) is 5.31. The minimum Gasteiger partial charge on any atom is -0.456 e. The van der Waals surface area contributed by atoms with Gasteiger partial charge < -0.3 is 18.5 Å². The fraction of sp³-hybridized carbons (Fsp3) is 0.0625.